The number of ether oxygens (including phenoxy) is 1. The van der Waals surface area contributed by atoms with Gasteiger partial charge in [-0.15, -0.1) is 0 Å². The van der Waals surface area contributed by atoms with Crippen LogP contribution in [-0.2, 0) is 4.79 Å². The molecule has 0 saturated heterocycles. The molecule has 1 amide bonds. The van der Waals surface area contributed by atoms with Gasteiger partial charge in [-0.25, -0.2) is 0 Å². The highest BCUT2D eigenvalue weighted by Crippen LogP contribution is 2.31. The first-order valence-corrected chi connectivity index (χ1v) is 6.84. The van der Waals surface area contributed by atoms with Crippen LogP contribution >= 0.6 is 0 Å². The third-order valence-corrected chi connectivity index (χ3v) is 4.09. The standard InChI is InChI=1S/C15H22N2O2/c1-10-7-8-13(11(10)2)17-15(18)9-19-14-6-4-3-5-12(14)16/h3-6,10-11,13H,7-9,16H2,1-2H3,(H,17,18). The van der Waals surface area contributed by atoms with Crippen molar-refractivity contribution < 1.29 is 9.53 Å². The number of anilines is 1. The fourth-order valence-electron chi connectivity index (χ4n) is 2.57. The minimum absolute atomic E-state index is 0.0197. The second-order valence-corrected chi connectivity index (χ2v) is 5.41. The van der Waals surface area contributed by atoms with Crippen LogP contribution in [0.3, 0.4) is 0 Å². The number of amides is 1. The van der Waals surface area contributed by atoms with E-state index in [4.69, 9.17) is 10.5 Å². The fraction of sp³-hybridized carbons (Fsp3) is 0.533. The van der Waals surface area contributed by atoms with Gasteiger partial charge in [-0.1, -0.05) is 26.0 Å². The number of nitrogens with one attached hydrogen (secondary N) is 1. The van der Waals surface area contributed by atoms with Crippen molar-refractivity contribution in [2.45, 2.75) is 32.7 Å². The maximum absolute atomic E-state index is 11.9. The maximum Gasteiger partial charge on any atom is 0.258 e. The van der Waals surface area contributed by atoms with Gasteiger partial charge in [0, 0.05) is 6.04 Å². The van der Waals surface area contributed by atoms with Crippen molar-refractivity contribution in [3.8, 4) is 5.75 Å². The van der Waals surface area contributed by atoms with E-state index < -0.39 is 0 Å². The van der Waals surface area contributed by atoms with Gasteiger partial charge in [-0.2, -0.15) is 0 Å². The highest BCUT2D eigenvalue weighted by Gasteiger charge is 2.30. The molecule has 1 saturated carbocycles. The molecule has 0 spiro atoms. The van der Waals surface area contributed by atoms with Crippen molar-refractivity contribution in [1.29, 1.82) is 0 Å². The number of rotatable bonds is 4. The highest BCUT2D eigenvalue weighted by atomic mass is 16.5. The Morgan fingerprint density at radius 2 is 2.11 bits per heavy atom. The Morgan fingerprint density at radius 3 is 2.74 bits per heavy atom. The van der Waals surface area contributed by atoms with Crippen molar-refractivity contribution in [3.05, 3.63) is 24.3 Å². The molecule has 0 aliphatic heterocycles. The fourth-order valence-corrected chi connectivity index (χ4v) is 2.57. The topological polar surface area (TPSA) is 64.3 Å². The summed E-state index contributed by atoms with van der Waals surface area (Å²) in [6.45, 7) is 4.45. The molecule has 4 nitrogen and oxygen atoms in total. The van der Waals surface area contributed by atoms with Crippen molar-refractivity contribution in [2.75, 3.05) is 12.3 Å². The molecule has 3 N–H and O–H groups in total. The molecular formula is C15H22N2O2. The molecule has 1 aliphatic rings. The lowest BCUT2D eigenvalue weighted by Crippen LogP contribution is -2.40. The smallest absolute Gasteiger partial charge is 0.258 e. The van der Waals surface area contributed by atoms with E-state index in [9.17, 15) is 4.79 Å². The molecular weight excluding hydrogens is 240 g/mol. The summed E-state index contributed by atoms with van der Waals surface area (Å²) in [6.07, 6.45) is 2.24. The third kappa shape index (κ3) is 3.40. The number of hydrogen-bond acceptors (Lipinski definition) is 3. The maximum atomic E-state index is 11.9. The number of carbonyl (C=O) groups excluding carboxylic acids is 1. The van der Waals surface area contributed by atoms with E-state index in [0.29, 0.717) is 23.3 Å². The molecule has 3 unspecified atom stereocenters. The molecule has 0 bridgehead atoms. The monoisotopic (exact) mass is 262 g/mol. The molecule has 1 aromatic carbocycles. The lowest BCUT2D eigenvalue weighted by atomic mass is 9.98. The van der Waals surface area contributed by atoms with Crippen molar-refractivity contribution in [3.63, 3.8) is 0 Å². The number of benzene rings is 1. The lowest BCUT2D eigenvalue weighted by molar-refractivity contribution is -0.124. The Morgan fingerprint density at radius 1 is 1.37 bits per heavy atom. The first-order chi connectivity index (χ1) is 9.08. The molecule has 4 heteroatoms. The van der Waals surface area contributed by atoms with E-state index in [1.807, 2.05) is 12.1 Å². The van der Waals surface area contributed by atoms with Gasteiger partial charge >= 0.3 is 0 Å². The second-order valence-electron chi connectivity index (χ2n) is 5.41. The van der Waals surface area contributed by atoms with Crippen LogP contribution < -0.4 is 15.8 Å². The van der Waals surface area contributed by atoms with Crippen molar-refractivity contribution in [1.82, 2.24) is 5.32 Å². The van der Waals surface area contributed by atoms with Crippen LogP contribution in [0.25, 0.3) is 0 Å². The zero-order valence-electron chi connectivity index (χ0n) is 11.6. The predicted octanol–water partition coefficient (Wildman–Crippen LogP) is 2.20. The van der Waals surface area contributed by atoms with Gasteiger partial charge in [0.25, 0.3) is 5.91 Å². The third-order valence-electron chi connectivity index (χ3n) is 4.09. The normalized spacial score (nSPS) is 26.1. The van der Waals surface area contributed by atoms with E-state index in [1.54, 1.807) is 12.1 Å². The molecule has 1 aromatic rings. The van der Waals surface area contributed by atoms with Gasteiger partial charge in [0.15, 0.2) is 6.61 Å². The van der Waals surface area contributed by atoms with Gasteiger partial charge in [0.2, 0.25) is 0 Å². The van der Waals surface area contributed by atoms with Gasteiger partial charge in [0.05, 0.1) is 5.69 Å². The Bertz CT molecular complexity index is 448. The Labute approximate surface area is 114 Å². The zero-order valence-corrected chi connectivity index (χ0v) is 11.6. The van der Waals surface area contributed by atoms with Crippen LogP contribution in [0.2, 0.25) is 0 Å². The van der Waals surface area contributed by atoms with Crippen LogP contribution in [0.5, 0.6) is 5.75 Å². The SMILES string of the molecule is CC1CCC(NC(=O)COc2ccccc2N)C1C. The number of hydrogen-bond donors (Lipinski definition) is 2. The van der Waals surface area contributed by atoms with Gasteiger partial charge in [0.1, 0.15) is 5.75 Å². The molecule has 0 heterocycles. The van der Waals surface area contributed by atoms with E-state index in [-0.39, 0.29) is 18.6 Å². The zero-order chi connectivity index (χ0) is 13.8. The number of nitrogens with two attached hydrogens (primary N) is 1. The van der Waals surface area contributed by atoms with Crippen LogP contribution in [0.1, 0.15) is 26.7 Å². The Kier molecular flexibility index (Phi) is 4.30. The molecule has 1 aliphatic carbocycles. The van der Waals surface area contributed by atoms with Crippen molar-refractivity contribution >= 4 is 11.6 Å². The molecule has 1 fully saturated rings. The lowest BCUT2D eigenvalue weighted by Gasteiger charge is -2.19. The quantitative estimate of drug-likeness (QED) is 0.818. The first kappa shape index (κ1) is 13.7. The Balaban J connectivity index is 1.81. The summed E-state index contributed by atoms with van der Waals surface area (Å²) in [5.41, 5.74) is 6.31. The second kappa shape index (κ2) is 5.95. The van der Waals surface area contributed by atoms with Crippen LogP contribution in [0.15, 0.2) is 24.3 Å². The van der Waals surface area contributed by atoms with E-state index in [1.165, 1.54) is 6.42 Å². The molecule has 104 valence electrons. The first-order valence-electron chi connectivity index (χ1n) is 6.84. The summed E-state index contributed by atoms with van der Waals surface area (Å²) >= 11 is 0. The minimum atomic E-state index is -0.0748. The highest BCUT2D eigenvalue weighted by molar-refractivity contribution is 5.78. The van der Waals surface area contributed by atoms with Gasteiger partial charge in [-0.3, -0.25) is 4.79 Å². The largest absolute Gasteiger partial charge is 0.482 e. The molecule has 19 heavy (non-hydrogen) atoms. The van der Waals surface area contributed by atoms with Crippen LogP contribution in [-0.4, -0.2) is 18.6 Å². The molecule has 2 rings (SSSR count). The summed E-state index contributed by atoms with van der Waals surface area (Å²) in [6, 6.07) is 7.48. The summed E-state index contributed by atoms with van der Waals surface area (Å²) < 4.78 is 5.43. The summed E-state index contributed by atoms with van der Waals surface area (Å²) in [7, 11) is 0. The summed E-state index contributed by atoms with van der Waals surface area (Å²) in [5.74, 6) is 1.70. The predicted molar refractivity (Wildman–Crippen MR) is 75.8 cm³/mol. The molecule has 0 radical (unpaired) electrons. The van der Waals surface area contributed by atoms with E-state index >= 15 is 0 Å². The van der Waals surface area contributed by atoms with Gasteiger partial charge < -0.3 is 15.8 Å². The van der Waals surface area contributed by atoms with Crippen molar-refractivity contribution in [2.24, 2.45) is 11.8 Å². The molecule has 3 atom stereocenters. The average Bonchev–Trinajstić information content (AvgIpc) is 2.70. The summed E-state index contributed by atoms with van der Waals surface area (Å²) in [5, 5.41) is 3.04. The van der Waals surface area contributed by atoms with Gasteiger partial charge in [-0.05, 0) is 36.8 Å². The number of para-hydroxylation sites is 2. The van der Waals surface area contributed by atoms with E-state index in [0.717, 1.165) is 6.42 Å². The Hall–Kier alpha value is -1.71. The minimum Gasteiger partial charge on any atom is -0.482 e. The number of nitrogen functional groups attached to an aromatic ring is 1. The number of carbonyl (C=O) groups is 1. The molecule has 0 aromatic heterocycles. The van der Waals surface area contributed by atoms with Crippen LogP contribution in [0, 0.1) is 11.8 Å². The summed E-state index contributed by atoms with van der Waals surface area (Å²) in [4.78, 5) is 11.9. The van der Waals surface area contributed by atoms with E-state index in [2.05, 4.69) is 19.2 Å². The van der Waals surface area contributed by atoms with Crippen LogP contribution in [0.4, 0.5) is 5.69 Å². The average molecular weight is 262 g/mol.